The van der Waals surface area contributed by atoms with Crippen molar-refractivity contribution in [1.82, 2.24) is 10.2 Å². The molecule has 2 rings (SSSR count). The number of rotatable bonds is 5. The molecule has 0 spiro atoms. The van der Waals surface area contributed by atoms with Crippen molar-refractivity contribution in [2.75, 3.05) is 44.2 Å². The first-order chi connectivity index (χ1) is 8.16. The van der Waals surface area contributed by atoms with Gasteiger partial charge in [0.25, 0.3) is 0 Å². The predicted molar refractivity (Wildman–Crippen MR) is 74.8 cm³/mol. The van der Waals surface area contributed by atoms with Gasteiger partial charge in [0.05, 0.1) is 11.7 Å². The molecule has 1 unspecified atom stereocenters. The highest BCUT2D eigenvalue weighted by molar-refractivity contribution is 7.99. The van der Waals surface area contributed by atoms with E-state index in [4.69, 9.17) is 4.74 Å². The number of hydrogen-bond acceptors (Lipinski definition) is 4. The van der Waals surface area contributed by atoms with Gasteiger partial charge in [0, 0.05) is 44.2 Å². The fourth-order valence-corrected chi connectivity index (χ4v) is 3.53. The molecule has 4 heteroatoms. The Hall–Kier alpha value is 0.230. The topological polar surface area (TPSA) is 24.5 Å². The van der Waals surface area contributed by atoms with Crippen LogP contribution in [0.5, 0.6) is 0 Å². The van der Waals surface area contributed by atoms with Crippen molar-refractivity contribution in [2.24, 2.45) is 0 Å². The van der Waals surface area contributed by atoms with Crippen LogP contribution in [0.1, 0.15) is 26.7 Å². The highest BCUT2D eigenvalue weighted by atomic mass is 32.2. The molecule has 17 heavy (non-hydrogen) atoms. The van der Waals surface area contributed by atoms with Crippen LogP contribution in [-0.4, -0.2) is 60.8 Å². The van der Waals surface area contributed by atoms with Gasteiger partial charge in [0.2, 0.25) is 0 Å². The largest absolute Gasteiger partial charge is 0.371 e. The molecule has 0 aromatic carbocycles. The van der Waals surface area contributed by atoms with E-state index in [1.807, 2.05) is 0 Å². The Bertz CT molecular complexity index is 229. The third-order valence-electron chi connectivity index (χ3n) is 3.63. The average Bonchev–Trinajstić information content (AvgIpc) is 2.66. The molecule has 2 saturated heterocycles. The molecular formula is C13H26N2OS. The van der Waals surface area contributed by atoms with E-state index in [1.165, 1.54) is 44.0 Å². The first-order valence-corrected chi connectivity index (χ1v) is 8.00. The zero-order valence-electron chi connectivity index (χ0n) is 11.2. The summed E-state index contributed by atoms with van der Waals surface area (Å²) >= 11 is 2.08. The Morgan fingerprint density at radius 1 is 1.35 bits per heavy atom. The summed E-state index contributed by atoms with van der Waals surface area (Å²) in [7, 11) is 0. The van der Waals surface area contributed by atoms with Crippen LogP contribution in [0.3, 0.4) is 0 Å². The maximum Gasteiger partial charge on any atom is 0.0707 e. The summed E-state index contributed by atoms with van der Waals surface area (Å²) in [4.78, 5) is 2.56. The monoisotopic (exact) mass is 258 g/mol. The van der Waals surface area contributed by atoms with Gasteiger partial charge in [-0.2, -0.15) is 11.8 Å². The second-order valence-electron chi connectivity index (χ2n) is 5.70. The zero-order chi connectivity index (χ0) is 12.1. The lowest BCUT2D eigenvalue weighted by Crippen LogP contribution is -2.39. The van der Waals surface area contributed by atoms with E-state index in [9.17, 15) is 0 Å². The van der Waals surface area contributed by atoms with Gasteiger partial charge >= 0.3 is 0 Å². The molecule has 100 valence electrons. The van der Waals surface area contributed by atoms with Gasteiger partial charge in [-0.1, -0.05) is 0 Å². The number of hydrogen-bond donors (Lipinski definition) is 1. The summed E-state index contributed by atoms with van der Waals surface area (Å²) in [5, 5.41) is 3.54. The molecular weight excluding hydrogens is 232 g/mol. The van der Waals surface area contributed by atoms with Crippen molar-refractivity contribution in [3.63, 3.8) is 0 Å². The van der Waals surface area contributed by atoms with Crippen LogP contribution in [-0.2, 0) is 4.74 Å². The smallest absolute Gasteiger partial charge is 0.0707 e. The van der Waals surface area contributed by atoms with Crippen LogP contribution in [0.25, 0.3) is 0 Å². The molecule has 2 heterocycles. The normalized spacial score (nSPS) is 29.6. The molecule has 0 saturated carbocycles. The highest BCUT2D eigenvalue weighted by Crippen LogP contribution is 2.28. The third-order valence-corrected chi connectivity index (χ3v) is 4.58. The van der Waals surface area contributed by atoms with Crippen molar-refractivity contribution in [2.45, 2.75) is 38.4 Å². The van der Waals surface area contributed by atoms with Gasteiger partial charge < -0.3 is 15.0 Å². The lowest BCUT2D eigenvalue weighted by molar-refractivity contribution is -0.0142. The predicted octanol–water partition coefficient (Wildman–Crippen LogP) is 1.58. The zero-order valence-corrected chi connectivity index (χ0v) is 12.0. The van der Waals surface area contributed by atoms with Gasteiger partial charge in [-0.3, -0.25) is 0 Å². The standard InChI is InChI=1S/C13H26N2OS/c1-13(2)4-3-12(16-13)11-14-5-6-15-7-9-17-10-8-15/h12,14H,3-11H2,1-2H3. The highest BCUT2D eigenvalue weighted by Gasteiger charge is 2.31. The summed E-state index contributed by atoms with van der Waals surface area (Å²) in [5.41, 5.74) is 0.108. The number of thioether (sulfide) groups is 1. The minimum atomic E-state index is 0.108. The Morgan fingerprint density at radius 2 is 2.12 bits per heavy atom. The number of nitrogens with one attached hydrogen (secondary N) is 1. The fraction of sp³-hybridized carbons (Fsp3) is 1.00. The van der Waals surface area contributed by atoms with E-state index in [0.717, 1.165) is 13.1 Å². The van der Waals surface area contributed by atoms with Crippen LogP contribution < -0.4 is 5.32 Å². The number of ether oxygens (including phenoxy) is 1. The van der Waals surface area contributed by atoms with Crippen molar-refractivity contribution < 1.29 is 4.74 Å². The second-order valence-corrected chi connectivity index (χ2v) is 6.92. The van der Waals surface area contributed by atoms with Crippen molar-refractivity contribution >= 4 is 11.8 Å². The molecule has 0 aromatic heterocycles. The van der Waals surface area contributed by atoms with Crippen LogP contribution in [0.2, 0.25) is 0 Å². The summed E-state index contributed by atoms with van der Waals surface area (Å²) in [6.45, 7) is 10.2. The Labute approximate surface area is 110 Å². The Morgan fingerprint density at radius 3 is 2.76 bits per heavy atom. The minimum Gasteiger partial charge on any atom is -0.371 e. The molecule has 0 radical (unpaired) electrons. The maximum atomic E-state index is 5.96. The van der Waals surface area contributed by atoms with Crippen molar-refractivity contribution in [3.8, 4) is 0 Å². The Kier molecular flexibility index (Phi) is 5.15. The molecule has 0 bridgehead atoms. The first kappa shape index (κ1) is 13.7. The Balaban J connectivity index is 1.51. The maximum absolute atomic E-state index is 5.96. The SMILES string of the molecule is CC1(C)CCC(CNCCN2CCSCC2)O1. The van der Waals surface area contributed by atoms with E-state index in [2.05, 4.69) is 35.8 Å². The van der Waals surface area contributed by atoms with E-state index in [0.29, 0.717) is 6.10 Å². The van der Waals surface area contributed by atoms with Crippen molar-refractivity contribution in [1.29, 1.82) is 0 Å². The molecule has 3 nitrogen and oxygen atoms in total. The van der Waals surface area contributed by atoms with Gasteiger partial charge in [0.15, 0.2) is 0 Å². The van der Waals surface area contributed by atoms with Crippen LogP contribution in [0, 0.1) is 0 Å². The average molecular weight is 258 g/mol. The summed E-state index contributed by atoms with van der Waals surface area (Å²) in [5.74, 6) is 2.61. The quantitative estimate of drug-likeness (QED) is 0.757. The summed E-state index contributed by atoms with van der Waals surface area (Å²) in [6.07, 6.45) is 2.84. The van der Waals surface area contributed by atoms with Gasteiger partial charge in [-0.15, -0.1) is 0 Å². The van der Waals surface area contributed by atoms with Crippen LogP contribution in [0.4, 0.5) is 0 Å². The van der Waals surface area contributed by atoms with E-state index in [1.54, 1.807) is 0 Å². The van der Waals surface area contributed by atoms with E-state index >= 15 is 0 Å². The summed E-state index contributed by atoms with van der Waals surface area (Å²) in [6, 6.07) is 0. The molecule has 2 aliphatic rings. The number of nitrogens with zero attached hydrogens (tertiary/aromatic N) is 1. The lowest BCUT2D eigenvalue weighted by Gasteiger charge is -2.26. The van der Waals surface area contributed by atoms with Crippen LogP contribution in [0.15, 0.2) is 0 Å². The van der Waals surface area contributed by atoms with Crippen molar-refractivity contribution in [3.05, 3.63) is 0 Å². The second kappa shape index (κ2) is 6.41. The summed E-state index contributed by atoms with van der Waals surface area (Å²) < 4.78 is 5.96. The molecule has 2 aliphatic heterocycles. The molecule has 0 aromatic rings. The first-order valence-electron chi connectivity index (χ1n) is 6.84. The molecule has 0 aliphatic carbocycles. The van der Waals surface area contributed by atoms with E-state index in [-0.39, 0.29) is 5.60 Å². The van der Waals surface area contributed by atoms with E-state index < -0.39 is 0 Å². The molecule has 0 amide bonds. The molecule has 1 atom stereocenters. The minimum absolute atomic E-state index is 0.108. The fourth-order valence-electron chi connectivity index (χ4n) is 2.55. The molecule has 1 N–H and O–H groups in total. The molecule has 2 fully saturated rings. The van der Waals surface area contributed by atoms with Gasteiger partial charge in [-0.05, 0) is 26.7 Å². The van der Waals surface area contributed by atoms with Gasteiger partial charge in [0.1, 0.15) is 0 Å². The third kappa shape index (κ3) is 4.78. The lowest BCUT2D eigenvalue weighted by atomic mass is 10.1. The van der Waals surface area contributed by atoms with Gasteiger partial charge in [-0.25, -0.2) is 0 Å². The van der Waals surface area contributed by atoms with Crippen LogP contribution >= 0.6 is 11.8 Å².